The summed E-state index contributed by atoms with van der Waals surface area (Å²) in [5, 5.41) is 0. The molecule has 1 aliphatic heterocycles. The number of hydrogen-bond donors (Lipinski definition) is 1. The van der Waals surface area contributed by atoms with Crippen molar-refractivity contribution in [3.8, 4) is 5.75 Å². The molecule has 1 aliphatic rings. The Morgan fingerprint density at radius 3 is 2.21 bits per heavy atom. The van der Waals surface area contributed by atoms with Crippen LogP contribution in [0.25, 0.3) is 0 Å². The van der Waals surface area contributed by atoms with Crippen LogP contribution in [0.5, 0.6) is 5.75 Å². The Hall–Kier alpha value is -2.64. The van der Waals surface area contributed by atoms with E-state index in [4.69, 9.17) is 15.2 Å². The van der Waals surface area contributed by atoms with Gasteiger partial charge in [0.05, 0.1) is 6.61 Å². The summed E-state index contributed by atoms with van der Waals surface area (Å²) in [6, 6.07) is 14.7. The van der Waals surface area contributed by atoms with Gasteiger partial charge < -0.3 is 15.2 Å². The molecule has 1 saturated heterocycles. The molecule has 1 heterocycles. The lowest BCUT2D eigenvalue weighted by molar-refractivity contribution is -0.122. The lowest BCUT2D eigenvalue weighted by atomic mass is 9.98. The zero-order chi connectivity index (χ0) is 25.2. The van der Waals surface area contributed by atoms with E-state index in [1.165, 1.54) is 5.56 Å². The predicted molar refractivity (Wildman–Crippen MR) is 138 cm³/mol. The number of benzene rings is 2. The first-order chi connectivity index (χ1) is 16.2. The lowest BCUT2D eigenvalue weighted by Gasteiger charge is -2.37. The molecular formula is C27H37NO5S. The number of ether oxygens (including phenoxy) is 2. The summed E-state index contributed by atoms with van der Waals surface area (Å²) in [5.74, 6) is 4.10. The minimum absolute atomic E-state index is 0.179. The zero-order valence-electron chi connectivity index (χ0n) is 20.5. The van der Waals surface area contributed by atoms with E-state index in [9.17, 15) is 13.8 Å². The van der Waals surface area contributed by atoms with E-state index in [1.54, 1.807) is 24.3 Å². The van der Waals surface area contributed by atoms with Crippen LogP contribution in [0.4, 0.5) is 0 Å². The van der Waals surface area contributed by atoms with E-state index >= 15 is 0 Å². The largest absolute Gasteiger partial charge is 0.494 e. The quantitative estimate of drug-likeness (QED) is 0.402. The smallest absolute Gasteiger partial charge is 0.236 e. The van der Waals surface area contributed by atoms with Gasteiger partial charge >= 0.3 is 0 Å². The first kappa shape index (κ1) is 27.6. The third-order valence-electron chi connectivity index (χ3n) is 5.98. The fourth-order valence-corrected chi connectivity index (χ4v) is 6.08. The molecule has 7 heteroatoms. The second kappa shape index (κ2) is 12.7. The summed E-state index contributed by atoms with van der Waals surface area (Å²) in [6.45, 7) is 7.09. The van der Waals surface area contributed by atoms with Crippen molar-refractivity contribution in [1.29, 1.82) is 0 Å². The van der Waals surface area contributed by atoms with Crippen LogP contribution in [-0.4, -0.2) is 46.3 Å². The molecular weight excluding hydrogens is 450 g/mol. The second-order valence-corrected chi connectivity index (χ2v) is 10.9. The van der Waals surface area contributed by atoms with Gasteiger partial charge in [0.25, 0.3) is 0 Å². The highest BCUT2D eigenvalue weighted by Crippen LogP contribution is 2.35. The minimum Gasteiger partial charge on any atom is -0.494 e. The number of Topliss-reactive ketones (excluding diaryl/α,β-unsaturated/α-hetero) is 1. The van der Waals surface area contributed by atoms with Crippen molar-refractivity contribution < 1.29 is 23.3 Å². The van der Waals surface area contributed by atoms with Crippen molar-refractivity contribution in [3.63, 3.8) is 0 Å². The SMILES string of the molecule is C=S(=O)(c1ccc(OCCCC(=O)Cc2ccc(C)cc2)cc1)C1(C(N)=O)CCOCC1.CC. The van der Waals surface area contributed by atoms with E-state index in [2.05, 4.69) is 5.87 Å². The molecule has 2 aromatic rings. The Morgan fingerprint density at radius 1 is 1.06 bits per heavy atom. The molecule has 186 valence electrons. The number of amides is 1. The van der Waals surface area contributed by atoms with Crippen LogP contribution in [-0.2, 0) is 30.3 Å². The van der Waals surface area contributed by atoms with E-state index in [0.29, 0.717) is 62.6 Å². The van der Waals surface area contributed by atoms with Crippen LogP contribution in [0, 0.1) is 6.92 Å². The Morgan fingerprint density at radius 2 is 1.65 bits per heavy atom. The van der Waals surface area contributed by atoms with Gasteiger partial charge in [-0.15, -0.1) is 0 Å². The molecule has 0 radical (unpaired) electrons. The molecule has 1 unspecified atom stereocenters. The van der Waals surface area contributed by atoms with Gasteiger partial charge in [0.1, 0.15) is 16.3 Å². The Balaban J connectivity index is 0.00000199. The zero-order valence-corrected chi connectivity index (χ0v) is 21.3. The van der Waals surface area contributed by atoms with Gasteiger partial charge in [-0.1, -0.05) is 43.7 Å². The number of carbonyl (C=O) groups is 2. The highest BCUT2D eigenvalue weighted by molar-refractivity contribution is 8.02. The van der Waals surface area contributed by atoms with Crippen molar-refractivity contribution in [1.82, 2.24) is 0 Å². The number of rotatable bonds is 10. The molecule has 1 atom stereocenters. The fraction of sp³-hybridized carbons (Fsp3) is 0.444. The summed E-state index contributed by atoms with van der Waals surface area (Å²) in [5.41, 5.74) is 7.84. The van der Waals surface area contributed by atoms with Gasteiger partial charge in [-0.25, -0.2) is 0 Å². The minimum atomic E-state index is -2.96. The van der Waals surface area contributed by atoms with E-state index in [1.807, 2.05) is 45.0 Å². The van der Waals surface area contributed by atoms with Gasteiger partial charge in [-0.3, -0.25) is 13.8 Å². The summed E-state index contributed by atoms with van der Waals surface area (Å²) >= 11 is 0. The van der Waals surface area contributed by atoms with Crippen LogP contribution >= 0.6 is 0 Å². The number of ketones is 1. The average Bonchev–Trinajstić information content (AvgIpc) is 2.85. The van der Waals surface area contributed by atoms with Crippen molar-refractivity contribution in [2.75, 3.05) is 19.8 Å². The highest BCUT2D eigenvalue weighted by Gasteiger charge is 2.46. The normalized spacial score (nSPS) is 16.4. The maximum Gasteiger partial charge on any atom is 0.236 e. The molecule has 0 saturated carbocycles. The Labute approximate surface area is 203 Å². The fourth-order valence-electron chi connectivity index (χ4n) is 3.90. The van der Waals surface area contributed by atoms with Gasteiger partial charge in [0, 0.05) is 40.5 Å². The van der Waals surface area contributed by atoms with Crippen LogP contribution < -0.4 is 10.5 Å². The molecule has 2 aromatic carbocycles. The van der Waals surface area contributed by atoms with Crippen molar-refractivity contribution in [2.45, 2.75) is 62.5 Å². The summed E-state index contributed by atoms with van der Waals surface area (Å²) < 4.78 is 23.4. The average molecular weight is 488 g/mol. The molecule has 0 bridgehead atoms. The second-order valence-electron chi connectivity index (χ2n) is 8.27. The van der Waals surface area contributed by atoms with E-state index < -0.39 is 20.2 Å². The lowest BCUT2D eigenvalue weighted by Crippen LogP contribution is -2.53. The van der Waals surface area contributed by atoms with Crippen molar-refractivity contribution in [2.24, 2.45) is 5.73 Å². The van der Waals surface area contributed by atoms with Crippen LogP contribution in [0.15, 0.2) is 53.4 Å². The number of carbonyl (C=O) groups excluding carboxylic acids is 2. The third-order valence-corrected chi connectivity index (χ3v) is 8.88. The van der Waals surface area contributed by atoms with Crippen LogP contribution in [0.2, 0.25) is 0 Å². The van der Waals surface area contributed by atoms with E-state index in [-0.39, 0.29) is 5.78 Å². The molecule has 3 rings (SSSR count). The maximum atomic E-state index is 13.6. The maximum absolute atomic E-state index is 13.6. The Kier molecular flexibility index (Phi) is 10.3. The molecule has 0 spiro atoms. The number of nitrogens with two attached hydrogens (primary N) is 1. The molecule has 6 nitrogen and oxygen atoms in total. The standard InChI is InChI=1S/C25H31NO5S.C2H6/c1-19-5-7-20(8-6-19)18-21(27)4-3-15-31-22-9-11-23(12-10-22)32(2,29)25(24(26)28)13-16-30-17-14-25;1-2/h5-12H,2-4,13-18H2,1H3,(H2,26,28);1-2H3. The number of hydrogen-bond acceptors (Lipinski definition) is 5. The van der Waals surface area contributed by atoms with E-state index in [0.717, 1.165) is 5.56 Å². The summed E-state index contributed by atoms with van der Waals surface area (Å²) in [4.78, 5) is 24.8. The Bertz CT molecular complexity index is 1040. The van der Waals surface area contributed by atoms with Gasteiger partial charge in [-0.05, 0) is 61.9 Å². The first-order valence-electron chi connectivity index (χ1n) is 11.8. The van der Waals surface area contributed by atoms with Gasteiger partial charge in [0.15, 0.2) is 0 Å². The third kappa shape index (κ3) is 6.70. The van der Waals surface area contributed by atoms with Crippen molar-refractivity contribution >= 4 is 27.1 Å². The highest BCUT2D eigenvalue weighted by atomic mass is 32.2. The molecule has 1 fully saturated rings. The van der Waals surface area contributed by atoms with Gasteiger partial charge in [-0.2, -0.15) is 0 Å². The number of primary amides is 1. The predicted octanol–water partition coefficient (Wildman–Crippen LogP) is 4.10. The number of aryl methyl sites for hydroxylation is 1. The van der Waals surface area contributed by atoms with Crippen LogP contribution in [0.3, 0.4) is 0 Å². The first-order valence-corrected chi connectivity index (χ1v) is 13.5. The monoisotopic (exact) mass is 487 g/mol. The molecule has 2 N–H and O–H groups in total. The van der Waals surface area contributed by atoms with Crippen LogP contribution in [0.1, 0.15) is 50.7 Å². The topological polar surface area (TPSA) is 95.7 Å². The van der Waals surface area contributed by atoms with Gasteiger partial charge in [0.2, 0.25) is 5.91 Å². The van der Waals surface area contributed by atoms with Crippen molar-refractivity contribution in [3.05, 3.63) is 59.7 Å². The molecule has 1 amide bonds. The summed E-state index contributed by atoms with van der Waals surface area (Å²) in [6.07, 6.45) is 2.07. The summed E-state index contributed by atoms with van der Waals surface area (Å²) in [7, 11) is -2.96. The molecule has 34 heavy (non-hydrogen) atoms. The molecule has 0 aromatic heterocycles. The molecule has 0 aliphatic carbocycles.